The SMILES string of the molecule is COC(=O)c1ccc(C)c(NC(=O)CSc2nc3ccccc3[nH]2)c1. The van der Waals surface area contributed by atoms with Crippen LogP contribution in [-0.4, -0.2) is 34.7 Å². The average molecular weight is 355 g/mol. The normalized spacial score (nSPS) is 10.6. The van der Waals surface area contributed by atoms with Gasteiger partial charge in [0.25, 0.3) is 0 Å². The van der Waals surface area contributed by atoms with E-state index in [4.69, 9.17) is 4.74 Å². The number of para-hydroxylation sites is 2. The summed E-state index contributed by atoms with van der Waals surface area (Å²) in [4.78, 5) is 31.4. The highest BCUT2D eigenvalue weighted by atomic mass is 32.2. The van der Waals surface area contributed by atoms with Gasteiger partial charge in [0.05, 0.1) is 29.5 Å². The first-order valence-electron chi connectivity index (χ1n) is 7.63. The lowest BCUT2D eigenvalue weighted by atomic mass is 10.1. The molecule has 0 saturated heterocycles. The quantitative estimate of drug-likeness (QED) is 0.541. The van der Waals surface area contributed by atoms with Gasteiger partial charge < -0.3 is 15.0 Å². The molecule has 1 heterocycles. The van der Waals surface area contributed by atoms with Crippen LogP contribution in [0.4, 0.5) is 5.69 Å². The summed E-state index contributed by atoms with van der Waals surface area (Å²) in [5, 5.41) is 3.52. The first-order chi connectivity index (χ1) is 12.1. The Morgan fingerprint density at radius 3 is 2.80 bits per heavy atom. The Morgan fingerprint density at radius 2 is 2.04 bits per heavy atom. The van der Waals surface area contributed by atoms with Crippen LogP contribution in [0.25, 0.3) is 11.0 Å². The molecule has 0 aliphatic carbocycles. The van der Waals surface area contributed by atoms with E-state index in [1.54, 1.807) is 18.2 Å². The van der Waals surface area contributed by atoms with Crippen molar-refractivity contribution in [3.05, 3.63) is 53.6 Å². The second kappa shape index (κ2) is 7.40. The van der Waals surface area contributed by atoms with E-state index < -0.39 is 5.97 Å². The van der Waals surface area contributed by atoms with Crippen LogP contribution >= 0.6 is 11.8 Å². The van der Waals surface area contributed by atoms with Gasteiger partial charge in [-0.3, -0.25) is 4.79 Å². The van der Waals surface area contributed by atoms with Gasteiger partial charge >= 0.3 is 5.97 Å². The van der Waals surface area contributed by atoms with Crippen LogP contribution in [0.1, 0.15) is 15.9 Å². The minimum Gasteiger partial charge on any atom is -0.465 e. The van der Waals surface area contributed by atoms with Crippen molar-refractivity contribution < 1.29 is 14.3 Å². The minimum atomic E-state index is -0.438. The highest BCUT2D eigenvalue weighted by molar-refractivity contribution is 7.99. The third-order valence-corrected chi connectivity index (χ3v) is 4.51. The van der Waals surface area contributed by atoms with Gasteiger partial charge in [-0.25, -0.2) is 9.78 Å². The number of carbonyl (C=O) groups excluding carboxylic acids is 2. The van der Waals surface area contributed by atoms with Gasteiger partial charge in [-0.15, -0.1) is 0 Å². The van der Waals surface area contributed by atoms with Gasteiger partial charge in [0, 0.05) is 5.69 Å². The molecule has 0 saturated carbocycles. The van der Waals surface area contributed by atoms with E-state index >= 15 is 0 Å². The molecular formula is C18H17N3O3S. The van der Waals surface area contributed by atoms with Gasteiger partial charge in [-0.1, -0.05) is 30.0 Å². The largest absolute Gasteiger partial charge is 0.465 e. The number of hydrogen-bond donors (Lipinski definition) is 2. The zero-order valence-corrected chi connectivity index (χ0v) is 14.6. The summed E-state index contributed by atoms with van der Waals surface area (Å²) >= 11 is 1.32. The van der Waals surface area contributed by atoms with Gasteiger partial charge in [0.2, 0.25) is 5.91 Å². The minimum absolute atomic E-state index is 0.171. The number of H-pyrrole nitrogens is 1. The smallest absolute Gasteiger partial charge is 0.337 e. The number of aromatic nitrogens is 2. The molecule has 0 radical (unpaired) electrons. The molecule has 0 aliphatic rings. The fourth-order valence-corrected chi connectivity index (χ4v) is 3.00. The molecule has 0 fully saturated rings. The zero-order chi connectivity index (χ0) is 17.8. The number of carbonyl (C=O) groups is 2. The molecule has 128 valence electrons. The molecule has 25 heavy (non-hydrogen) atoms. The van der Waals surface area contributed by atoms with E-state index in [1.807, 2.05) is 31.2 Å². The number of thioether (sulfide) groups is 1. The van der Waals surface area contributed by atoms with Crippen LogP contribution in [0.5, 0.6) is 0 Å². The highest BCUT2D eigenvalue weighted by Gasteiger charge is 2.11. The van der Waals surface area contributed by atoms with E-state index in [2.05, 4.69) is 15.3 Å². The second-order valence-corrected chi connectivity index (χ2v) is 6.38. The maximum absolute atomic E-state index is 12.2. The number of imidazole rings is 1. The van der Waals surface area contributed by atoms with Crippen molar-refractivity contribution in [2.75, 3.05) is 18.2 Å². The first-order valence-corrected chi connectivity index (χ1v) is 8.62. The number of hydrogen-bond acceptors (Lipinski definition) is 5. The Bertz CT molecular complexity index is 903. The van der Waals surface area contributed by atoms with Gasteiger partial charge in [-0.2, -0.15) is 0 Å². The number of rotatable bonds is 5. The lowest BCUT2D eigenvalue weighted by molar-refractivity contribution is -0.113. The van der Waals surface area contributed by atoms with Gasteiger partial charge in [-0.05, 0) is 36.8 Å². The molecule has 3 aromatic rings. The predicted octanol–water partition coefficient (Wildman–Crippen LogP) is 3.39. The average Bonchev–Trinajstić information content (AvgIpc) is 3.04. The number of anilines is 1. The lowest BCUT2D eigenvalue weighted by Crippen LogP contribution is -2.15. The summed E-state index contributed by atoms with van der Waals surface area (Å²) in [6.45, 7) is 1.86. The van der Waals surface area contributed by atoms with E-state index in [1.165, 1.54) is 18.9 Å². The summed E-state index contributed by atoms with van der Waals surface area (Å²) in [6, 6.07) is 12.8. The summed E-state index contributed by atoms with van der Waals surface area (Å²) in [5.74, 6) is -0.399. The van der Waals surface area contributed by atoms with E-state index in [0.717, 1.165) is 16.6 Å². The number of aromatic amines is 1. The van der Waals surface area contributed by atoms with Crippen molar-refractivity contribution in [1.82, 2.24) is 9.97 Å². The van der Waals surface area contributed by atoms with E-state index in [9.17, 15) is 9.59 Å². The van der Waals surface area contributed by atoms with Crippen molar-refractivity contribution in [1.29, 1.82) is 0 Å². The number of esters is 1. The number of ether oxygens (including phenoxy) is 1. The predicted molar refractivity (Wildman–Crippen MR) is 98.0 cm³/mol. The van der Waals surface area contributed by atoms with Crippen LogP contribution in [0.2, 0.25) is 0 Å². The molecule has 0 atom stereocenters. The second-order valence-electron chi connectivity index (χ2n) is 5.42. The molecule has 2 aromatic carbocycles. The third-order valence-electron chi connectivity index (χ3n) is 3.64. The molecule has 0 bridgehead atoms. The van der Waals surface area contributed by atoms with Crippen molar-refractivity contribution in [2.45, 2.75) is 12.1 Å². The van der Waals surface area contributed by atoms with Crippen LogP contribution in [-0.2, 0) is 9.53 Å². The van der Waals surface area contributed by atoms with Gasteiger partial charge in [0.15, 0.2) is 5.16 Å². The lowest BCUT2D eigenvalue weighted by Gasteiger charge is -2.09. The number of nitrogens with one attached hydrogen (secondary N) is 2. The Kier molecular flexibility index (Phi) is 5.04. The molecule has 0 spiro atoms. The van der Waals surface area contributed by atoms with Crippen LogP contribution < -0.4 is 5.32 Å². The molecule has 7 heteroatoms. The Labute approximate surface area is 149 Å². The molecule has 1 aromatic heterocycles. The third kappa shape index (κ3) is 4.00. The molecule has 0 unspecified atom stereocenters. The molecule has 0 aliphatic heterocycles. The zero-order valence-electron chi connectivity index (χ0n) is 13.8. The summed E-state index contributed by atoms with van der Waals surface area (Å²) < 4.78 is 4.70. The first kappa shape index (κ1) is 17.0. The summed E-state index contributed by atoms with van der Waals surface area (Å²) in [7, 11) is 1.32. The topological polar surface area (TPSA) is 84.1 Å². The fourth-order valence-electron chi connectivity index (χ4n) is 2.32. The molecule has 2 N–H and O–H groups in total. The molecule has 3 rings (SSSR count). The van der Waals surface area contributed by atoms with Gasteiger partial charge in [0.1, 0.15) is 0 Å². The number of methoxy groups -OCH3 is 1. The molecule has 6 nitrogen and oxygen atoms in total. The standard InChI is InChI=1S/C18H17N3O3S/c1-11-7-8-12(17(23)24-2)9-15(11)19-16(22)10-25-18-20-13-5-3-4-6-14(13)21-18/h3-9H,10H2,1-2H3,(H,19,22)(H,20,21). The van der Waals surface area contributed by atoms with Crippen molar-refractivity contribution in [2.24, 2.45) is 0 Å². The maximum Gasteiger partial charge on any atom is 0.337 e. The highest BCUT2D eigenvalue weighted by Crippen LogP contribution is 2.21. The number of fused-ring (bicyclic) bond motifs is 1. The number of benzene rings is 2. The number of amides is 1. The fraction of sp³-hybridized carbons (Fsp3) is 0.167. The number of nitrogens with zero attached hydrogens (tertiary/aromatic N) is 1. The van der Waals surface area contributed by atoms with E-state index in [0.29, 0.717) is 16.4 Å². The van der Waals surface area contributed by atoms with Crippen LogP contribution in [0.3, 0.4) is 0 Å². The molecular weight excluding hydrogens is 338 g/mol. The number of aryl methyl sites for hydroxylation is 1. The van der Waals surface area contributed by atoms with Crippen molar-refractivity contribution in [3.8, 4) is 0 Å². The summed E-state index contributed by atoms with van der Waals surface area (Å²) in [6.07, 6.45) is 0. The van der Waals surface area contributed by atoms with Crippen molar-refractivity contribution in [3.63, 3.8) is 0 Å². The van der Waals surface area contributed by atoms with Crippen LogP contribution in [0.15, 0.2) is 47.6 Å². The Hall–Kier alpha value is -2.80. The van der Waals surface area contributed by atoms with Crippen molar-refractivity contribution >= 4 is 40.4 Å². The Balaban J connectivity index is 1.65. The monoisotopic (exact) mass is 355 g/mol. The van der Waals surface area contributed by atoms with Crippen LogP contribution in [0, 0.1) is 6.92 Å². The Morgan fingerprint density at radius 1 is 1.24 bits per heavy atom. The molecule has 1 amide bonds. The van der Waals surface area contributed by atoms with E-state index in [-0.39, 0.29) is 11.7 Å². The maximum atomic E-state index is 12.2. The summed E-state index contributed by atoms with van der Waals surface area (Å²) in [5.41, 5.74) is 3.67.